The zero-order valence-electron chi connectivity index (χ0n) is 16.2. The molecule has 8 heteroatoms. The first-order valence-corrected chi connectivity index (χ1v) is 10.1. The van der Waals surface area contributed by atoms with Gasteiger partial charge in [-0.05, 0) is 42.5 Å². The molecule has 29 heavy (non-hydrogen) atoms. The van der Waals surface area contributed by atoms with Crippen molar-refractivity contribution in [2.24, 2.45) is 0 Å². The topological polar surface area (TPSA) is 87.4 Å². The number of hydrogen-bond acceptors (Lipinski definition) is 7. The van der Waals surface area contributed by atoms with Gasteiger partial charge in [-0.1, -0.05) is 0 Å². The second-order valence-electron chi connectivity index (χ2n) is 7.73. The highest BCUT2D eigenvalue weighted by atomic mass is 16.3. The molecule has 1 saturated carbocycles. The lowest BCUT2D eigenvalue weighted by Gasteiger charge is -2.36. The Morgan fingerprint density at radius 2 is 1.72 bits per heavy atom. The second kappa shape index (κ2) is 7.44. The summed E-state index contributed by atoms with van der Waals surface area (Å²) in [6.07, 6.45) is 7.98. The minimum absolute atomic E-state index is 0.0809. The molecule has 0 unspecified atom stereocenters. The summed E-state index contributed by atoms with van der Waals surface area (Å²) in [6.45, 7) is 3.61. The zero-order chi connectivity index (χ0) is 19.8. The lowest BCUT2D eigenvalue weighted by Crippen LogP contribution is -2.47. The van der Waals surface area contributed by atoms with Crippen LogP contribution in [0.4, 0.5) is 11.6 Å². The van der Waals surface area contributed by atoms with Crippen LogP contribution in [0.3, 0.4) is 0 Å². The average Bonchev–Trinajstić information content (AvgIpc) is 3.61. The first kappa shape index (κ1) is 18.1. The number of rotatable bonds is 5. The van der Waals surface area contributed by atoms with Gasteiger partial charge in [0.25, 0.3) is 5.56 Å². The van der Waals surface area contributed by atoms with Crippen LogP contribution in [0.2, 0.25) is 0 Å². The Labute approximate surface area is 168 Å². The molecule has 0 atom stereocenters. The molecular formula is C21H24N6O2. The van der Waals surface area contributed by atoms with Gasteiger partial charge in [-0.15, -0.1) is 0 Å². The molecule has 0 bridgehead atoms. The summed E-state index contributed by atoms with van der Waals surface area (Å²) in [6, 6.07) is 5.78. The molecule has 1 aromatic carbocycles. The number of anilines is 2. The average molecular weight is 392 g/mol. The highest BCUT2D eigenvalue weighted by molar-refractivity contribution is 5.81. The predicted octanol–water partition coefficient (Wildman–Crippen LogP) is 1.38. The molecule has 1 aliphatic carbocycles. The molecule has 2 fully saturated rings. The molecule has 2 aliphatic rings. The van der Waals surface area contributed by atoms with Gasteiger partial charge in [0.05, 0.1) is 30.4 Å². The maximum Gasteiger partial charge on any atom is 0.261 e. The molecule has 3 heterocycles. The van der Waals surface area contributed by atoms with Gasteiger partial charge in [-0.2, -0.15) is 0 Å². The Balaban J connectivity index is 1.29. The largest absolute Gasteiger partial charge is 0.395 e. The van der Waals surface area contributed by atoms with Gasteiger partial charge in [0.2, 0.25) is 5.95 Å². The number of nitrogens with zero attached hydrogens (tertiary/aromatic N) is 6. The van der Waals surface area contributed by atoms with Gasteiger partial charge in [-0.3, -0.25) is 9.36 Å². The van der Waals surface area contributed by atoms with Crippen molar-refractivity contribution in [3.63, 3.8) is 0 Å². The minimum Gasteiger partial charge on any atom is -0.395 e. The highest BCUT2D eigenvalue weighted by Crippen LogP contribution is 2.39. The second-order valence-corrected chi connectivity index (χ2v) is 7.73. The highest BCUT2D eigenvalue weighted by Gasteiger charge is 2.25. The zero-order valence-corrected chi connectivity index (χ0v) is 16.2. The number of aliphatic hydroxyl groups excluding tert-OH is 1. The number of piperazine rings is 1. The molecular weight excluding hydrogens is 368 g/mol. The van der Waals surface area contributed by atoms with Gasteiger partial charge >= 0.3 is 0 Å². The molecule has 150 valence electrons. The Hall–Kier alpha value is -3.00. The molecule has 3 aromatic rings. The number of fused-ring (bicyclic) bond motifs is 1. The molecule has 0 radical (unpaired) electrons. The van der Waals surface area contributed by atoms with Crippen LogP contribution in [-0.2, 0) is 6.54 Å². The summed E-state index contributed by atoms with van der Waals surface area (Å²) < 4.78 is 1.44. The van der Waals surface area contributed by atoms with Crippen molar-refractivity contribution >= 4 is 22.5 Å². The van der Waals surface area contributed by atoms with Gasteiger partial charge in [0, 0.05) is 44.3 Å². The van der Waals surface area contributed by atoms with Crippen molar-refractivity contribution < 1.29 is 5.11 Å². The van der Waals surface area contributed by atoms with Crippen molar-refractivity contribution in [2.45, 2.75) is 25.3 Å². The third-order valence-corrected chi connectivity index (χ3v) is 5.78. The van der Waals surface area contributed by atoms with E-state index in [2.05, 4.69) is 24.8 Å². The number of aliphatic hydroxyl groups is 1. The van der Waals surface area contributed by atoms with E-state index in [4.69, 9.17) is 5.11 Å². The summed E-state index contributed by atoms with van der Waals surface area (Å²) in [4.78, 5) is 30.5. The predicted molar refractivity (Wildman–Crippen MR) is 112 cm³/mol. The van der Waals surface area contributed by atoms with E-state index in [0.717, 1.165) is 37.8 Å². The fourth-order valence-corrected chi connectivity index (χ4v) is 3.90. The van der Waals surface area contributed by atoms with Crippen LogP contribution in [-0.4, -0.2) is 57.4 Å². The quantitative estimate of drug-likeness (QED) is 0.702. The first-order chi connectivity index (χ1) is 14.2. The molecule has 1 N–H and O–H groups in total. The van der Waals surface area contributed by atoms with Crippen LogP contribution in [0.15, 0.2) is 41.7 Å². The van der Waals surface area contributed by atoms with Crippen molar-refractivity contribution in [3.8, 4) is 0 Å². The van der Waals surface area contributed by atoms with E-state index in [-0.39, 0.29) is 18.7 Å². The van der Waals surface area contributed by atoms with Crippen LogP contribution in [0.5, 0.6) is 0 Å². The maximum absolute atomic E-state index is 12.5. The molecule has 0 spiro atoms. The van der Waals surface area contributed by atoms with Gasteiger partial charge in [0.1, 0.15) is 0 Å². The van der Waals surface area contributed by atoms with Crippen LogP contribution in [0, 0.1) is 0 Å². The summed E-state index contributed by atoms with van der Waals surface area (Å²) in [7, 11) is 0. The number of aromatic nitrogens is 4. The standard InChI is InChI=1S/C21H24N6O2/c28-10-9-27-14-24-19-11-17(3-4-18(19)20(27)29)25-5-7-26(8-6-25)21-22-12-16(13-23-21)15-1-2-15/h3-4,11-15,28H,1-2,5-10H2. The lowest BCUT2D eigenvalue weighted by molar-refractivity contribution is 0.274. The number of hydrogen-bond donors (Lipinski definition) is 1. The van der Waals surface area contributed by atoms with Crippen molar-refractivity contribution in [1.82, 2.24) is 19.5 Å². The Kier molecular flexibility index (Phi) is 4.63. The van der Waals surface area contributed by atoms with E-state index in [1.807, 2.05) is 30.6 Å². The summed E-state index contributed by atoms with van der Waals surface area (Å²) in [5.41, 5.74) is 2.89. The maximum atomic E-state index is 12.5. The smallest absolute Gasteiger partial charge is 0.261 e. The number of benzene rings is 1. The molecule has 5 rings (SSSR count). The third kappa shape index (κ3) is 3.55. The van der Waals surface area contributed by atoms with E-state index in [9.17, 15) is 4.79 Å². The molecule has 2 aromatic heterocycles. The fourth-order valence-electron chi connectivity index (χ4n) is 3.90. The van der Waals surface area contributed by atoms with Crippen LogP contribution >= 0.6 is 0 Å². The van der Waals surface area contributed by atoms with Crippen LogP contribution < -0.4 is 15.4 Å². The van der Waals surface area contributed by atoms with Crippen molar-refractivity contribution in [3.05, 3.63) is 52.8 Å². The molecule has 1 saturated heterocycles. The van der Waals surface area contributed by atoms with E-state index < -0.39 is 0 Å². The summed E-state index contributed by atoms with van der Waals surface area (Å²) in [5.74, 6) is 1.48. The SMILES string of the molecule is O=c1c2ccc(N3CCN(c4ncc(C5CC5)cn4)CC3)cc2ncn1CCO. The fraction of sp³-hybridized carbons (Fsp3) is 0.429. The Morgan fingerprint density at radius 1 is 1.00 bits per heavy atom. The van der Waals surface area contributed by atoms with Crippen molar-refractivity contribution in [2.75, 3.05) is 42.6 Å². The van der Waals surface area contributed by atoms with E-state index in [1.165, 1.54) is 29.3 Å². The molecule has 1 aliphatic heterocycles. The summed E-state index contributed by atoms with van der Waals surface area (Å²) >= 11 is 0. The Morgan fingerprint density at radius 3 is 2.41 bits per heavy atom. The van der Waals surface area contributed by atoms with Crippen LogP contribution in [0.1, 0.15) is 24.3 Å². The monoisotopic (exact) mass is 392 g/mol. The van der Waals surface area contributed by atoms with E-state index in [0.29, 0.717) is 16.8 Å². The lowest BCUT2D eigenvalue weighted by atomic mass is 10.2. The third-order valence-electron chi connectivity index (χ3n) is 5.78. The van der Waals surface area contributed by atoms with Crippen molar-refractivity contribution in [1.29, 1.82) is 0 Å². The minimum atomic E-state index is -0.118. The van der Waals surface area contributed by atoms with Crippen LogP contribution in [0.25, 0.3) is 10.9 Å². The molecule has 8 nitrogen and oxygen atoms in total. The Bertz CT molecular complexity index is 1070. The molecule has 0 amide bonds. The van der Waals surface area contributed by atoms with Gasteiger partial charge < -0.3 is 14.9 Å². The summed E-state index contributed by atoms with van der Waals surface area (Å²) in [5, 5.41) is 9.64. The van der Waals surface area contributed by atoms with E-state index in [1.54, 1.807) is 0 Å². The van der Waals surface area contributed by atoms with Gasteiger partial charge in [0.15, 0.2) is 0 Å². The first-order valence-electron chi connectivity index (χ1n) is 10.1. The van der Waals surface area contributed by atoms with Gasteiger partial charge in [-0.25, -0.2) is 15.0 Å². The van der Waals surface area contributed by atoms with E-state index >= 15 is 0 Å². The normalized spacial score (nSPS) is 17.1.